The fourth-order valence-electron chi connectivity index (χ4n) is 3.95. The number of nitrogens with zero attached hydrogens (tertiary/aromatic N) is 4. The minimum absolute atomic E-state index is 0.0866. The lowest BCUT2D eigenvalue weighted by Crippen LogP contribution is -2.54. The van der Waals surface area contributed by atoms with Gasteiger partial charge < -0.3 is 5.32 Å². The Labute approximate surface area is 163 Å². The Balaban J connectivity index is 1.44. The molecule has 2 aliphatic rings. The predicted octanol–water partition coefficient (Wildman–Crippen LogP) is 2.78. The molecule has 1 saturated heterocycles. The lowest BCUT2D eigenvalue weighted by atomic mass is 10.1. The van der Waals surface area contributed by atoms with Crippen molar-refractivity contribution in [3.05, 3.63) is 30.1 Å². The van der Waals surface area contributed by atoms with Gasteiger partial charge in [0, 0.05) is 32.2 Å². The molecule has 0 bridgehead atoms. The minimum Gasteiger partial charge on any atom is -0.352 e. The van der Waals surface area contributed by atoms with Crippen molar-refractivity contribution >= 4 is 16.9 Å². The van der Waals surface area contributed by atoms with Gasteiger partial charge in [-0.2, -0.15) is 8.78 Å². The maximum Gasteiger partial charge on any atom is 0.320 e. The number of piperazine rings is 1. The summed E-state index contributed by atoms with van der Waals surface area (Å²) in [6, 6.07) is 6.99. The molecule has 1 aromatic carbocycles. The monoisotopic (exact) mass is 391 g/mol. The molecule has 0 unspecified atom stereocenters. The van der Waals surface area contributed by atoms with E-state index in [1.165, 1.54) is 0 Å². The molecular formula is C20H27F2N5O. The molecule has 2 heterocycles. The first-order valence-corrected chi connectivity index (χ1v) is 9.99. The third-order valence-electron chi connectivity index (χ3n) is 5.94. The van der Waals surface area contributed by atoms with Crippen molar-refractivity contribution in [3.63, 3.8) is 0 Å². The Morgan fingerprint density at radius 3 is 2.39 bits per heavy atom. The SMILES string of the molecule is C[C@H](C(=O)NC1CC1)N1CCN([C@@H](C)c2nc3ccccc3n2C(F)F)CC1. The number of rotatable bonds is 6. The Bertz CT molecular complexity index is 842. The molecule has 152 valence electrons. The third-order valence-corrected chi connectivity index (χ3v) is 5.94. The Kier molecular flexibility index (Phi) is 5.33. The van der Waals surface area contributed by atoms with E-state index in [0.29, 0.717) is 36.0 Å². The summed E-state index contributed by atoms with van der Waals surface area (Å²) in [4.78, 5) is 21.1. The molecule has 28 heavy (non-hydrogen) atoms. The molecular weight excluding hydrogens is 364 g/mol. The zero-order chi connectivity index (χ0) is 19.8. The molecule has 8 heteroatoms. The van der Waals surface area contributed by atoms with E-state index in [4.69, 9.17) is 0 Å². The molecule has 1 saturated carbocycles. The first-order chi connectivity index (χ1) is 13.5. The summed E-state index contributed by atoms with van der Waals surface area (Å²) in [5, 5.41) is 3.05. The van der Waals surface area contributed by atoms with Crippen LogP contribution in [0, 0.1) is 0 Å². The Morgan fingerprint density at radius 2 is 1.75 bits per heavy atom. The summed E-state index contributed by atoms with van der Waals surface area (Å²) in [5.41, 5.74) is 1.05. The van der Waals surface area contributed by atoms with E-state index >= 15 is 0 Å². The van der Waals surface area contributed by atoms with Gasteiger partial charge in [0.25, 0.3) is 0 Å². The number of hydrogen-bond donors (Lipinski definition) is 1. The number of amides is 1. The normalized spacial score (nSPS) is 21.2. The van der Waals surface area contributed by atoms with E-state index < -0.39 is 6.55 Å². The van der Waals surface area contributed by atoms with Crippen LogP contribution in [0.3, 0.4) is 0 Å². The lowest BCUT2D eigenvalue weighted by Gasteiger charge is -2.39. The quantitative estimate of drug-likeness (QED) is 0.823. The van der Waals surface area contributed by atoms with Crippen molar-refractivity contribution in [3.8, 4) is 0 Å². The highest BCUT2D eigenvalue weighted by Gasteiger charge is 2.32. The number of hydrogen-bond acceptors (Lipinski definition) is 4. The van der Waals surface area contributed by atoms with Gasteiger partial charge in [-0.15, -0.1) is 0 Å². The van der Waals surface area contributed by atoms with Gasteiger partial charge in [-0.05, 0) is 38.8 Å². The fraction of sp³-hybridized carbons (Fsp3) is 0.600. The number of nitrogens with one attached hydrogen (secondary N) is 1. The average molecular weight is 391 g/mol. The summed E-state index contributed by atoms with van der Waals surface area (Å²) in [6.07, 6.45) is 2.16. The summed E-state index contributed by atoms with van der Waals surface area (Å²) >= 11 is 0. The highest BCUT2D eigenvalue weighted by molar-refractivity contribution is 5.81. The number of carbonyl (C=O) groups is 1. The van der Waals surface area contributed by atoms with Crippen molar-refractivity contribution in [1.82, 2.24) is 24.7 Å². The van der Waals surface area contributed by atoms with E-state index in [1.54, 1.807) is 18.2 Å². The Hall–Kier alpha value is -2.06. The molecule has 1 aliphatic heterocycles. The summed E-state index contributed by atoms with van der Waals surface area (Å²) in [5.74, 6) is 0.479. The van der Waals surface area contributed by atoms with Crippen LogP contribution in [0.25, 0.3) is 11.0 Å². The maximum atomic E-state index is 13.7. The van der Waals surface area contributed by atoms with Gasteiger partial charge in [0.1, 0.15) is 5.82 Å². The standard InChI is InChI=1S/C20H27F2N5O/c1-13(18-24-16-5-3-4-6-17(16)27(18)20(21)22)25-9-11-26(12-10-25)14(2)19(28)23-15-7-8-15/h3-6,13-15,20H,7-12H2,1-2H3,(H,23,28)/t13-,14+/m0/s1. The average Bonchev–Trinajstić information content (AvgIpc) is 3.42. The maximum absolute atomic E-state index is 13.7. The number of alkyl halides is 2. The van der Waals surface area contributed by atoms with Crippen LogP contribution in [0.1, 0.15) is 45.1 Å². The summed E-state index contributed by atoms with van der Waals surface area (Å²) in [7, 11) is 0. The van der Waals surface area contributed by atoms with Gasteiger partial charge in [-0.1, -0.05) is 12.1 Å². The minimum atomic E-state index is -2.63. The van der Waals surface area contributed by atoms with Gasteiger partial charge >= 0.3 is 6.55 Å². The van der Waals surface area contributed by atoms with E-state index in [0.717, 1.165) is 30.5 Å². The lowest BCUT2D eigenvalue weighted by molar-refractivity contribution is -0.126. The number of para-hydroxylation sites is 2. The zero-order valence-corrected chi connectivity index (χ0v) is 16.3. The molecule has 1 aliphatic carbocycles. The predicted molar refractivity (Wildman–Crippen MR) is 103 cm³/mol. The zero-order valence-electron chi connectivity index (χ0n) is 16.3. The topological polar surface area (TPSA) is 53.4 Å². The van der Waals surface area contributed by atoms with E-state index in [9.17, 15) is 13.6 Å². The van der Waals surface area contributed by atoms with Crippen LogP contribution < -0.4 is 5.32 Å². The number of fused-ring (bicyclic) bond motifs is 1. The molecule has 0 radical (unpaired) electrons. The molecule has 1 N–H and O–H groups in total. The van der Waals surface area contributed by atoms with Crippen molar-refractivity contribution in [1.29, 1.82) is 0 Å². The molecule has 1 amide bonds. The van der Waals surface area contributed by atoms with Crippen molar-refractivity contribution in [2.45, 2.75) is 51.4 Å². The molecule has 1 aromatic heterocycles. The molecule has 6 nitrogen and oxygen atoms in total. The van der Waals surface area contributed by atoms with Crippen LogP contribution in [0.4, 0.5) is 8.78 Å². The third kappa shape index (κ3) is 3.75. The molecule has 4 rings (SSSR count). The number of benzene rings is 1. The van der Waals surface area contributed by atoms with Crippen molar-refractivity contribution in [2.75, 3.05) is 26.2 Å². The number of carbonyl (C=O) groups excluding carboxylic acids is 1. The van der Waals surface area contributed by atoms with Crippen LogP contribution in [-0.4, -0.2) is 63.5 Å². The van der Waals surface area contributed by atoms with Gasteiger partial charge in [-0.3, -0.25) is 19.2 Å². The number of imidazole rings is 1. The summed E-state index contributed by atoms with van der Waals surface area (Å²) in [6.45, 7) is 4.14. The second kappa shape index (κ2) is 7.75. The van der Waals surface area contributed by atoms with Crippen LogP contribution in [0.2, 0.25) is 0 Å². The van der Waals surface area contributed by atoms with Gasteiger partial charge in [-0.25, -0.2) is 4.98 Å². The number of halogens is 2. The van der Waals surface area contributed by atoms with Crippen molar-refractivity contribution < 1.29 is 13.6 Å². The smallest absolute Gasteiger partial charge is 0.320 e. The molecule has 2 aromatic rings. The van der Waals surface area contributed by atoms with Gasteiger partial charge in [0.05, 0.1) is 23.1 Å². The molecule has 2 fully saturated rings. The molecule has 2 atom stereocenters. The molecule has 0 spiro atoms. The van der Waals surface area contributed by atoms with Crippen LogP contribution >= 0.6 is 0 Å². The van der Waals surface area contributed by atoms with E-state index in [-0.39, 0.29) is 18.0 Å². The van der Waals surface area contributed by atoms with Gasteiger partial charge in [0.15, 0.2) is 0 Å². The first kappa shape index (κ1) is 19.3. The number of aromatic nitrogens is 2. The summed E-state index contributed by atoms with van der Waals surface area (Å²) < 4.78 is 28.5. The van der Waals surface area contributed by atoms with E-state index in [2.05, 4.69) is 20.1 Å². The van der Waals surface area contributed by atoms with Gasteiger partial charge in [0.2, 0.25) is 5.91 Å². The van der Waals surface area contributed by atoms with Crippen LogP contribution in [0.5, 0.6) is 0 Å². The highest BCUT2D eigenvalue weighted by Crippen LogP contribution is 2.30. The highest BCUT2D eigenvalue weighted by atomic mass is 19.3. The second-order valence-electron chi connectivity index (χ2n) is 7.81. The second-order valence-corrected chi connectivity index (χ2v) is 7.81. The largest absolute Gasteiger partial charge is 0.352 e. The van der Waals surface area contributed by atoms with Crippen molar-refractivity contribution in [2.24, 2.45) is 0 Å². The fourth-order valence-corrected chi connectivity index (χ4v) is 3.95. The van der Waals surface area contributed by atoms with E-state index in [1.807, 2.05) is 19.9 Å². The Morgan fingerprint density at radius 1 is 1.11 bits per heavy atom. The van der Waals surface area contributed by atoms with Crippen LogP contribution in [0.15, 0.2) is 24.3 Å². The van der Waals surface area contributed by atoms with Crippen LogP contribution in [-0.2, 0) is 4.79 Å². The first-order valence-electron chi connectivity index (χ1n) is 9.99.